The summed E-state index contributed by atoms with van der Waals surface area (Å²) in [5, 5.41) is 4.63. The van der Waals surface area contributed by atoms with Crippen LogP contribution in [0, 0.1) is 0 Å². The van der Waals surface area contributed by atoms with Gasteiger partial charge in [-0.2, -0.15) is 5.10 Å². The van der Waals surface area contributed by atoms with Crippen molar-refractivity contribution in [3.8, 4) is 28.1 Å². The molecule has 2 aromatic heterocycles. The van der Waals surface area contributed by atoms with Crippen LogP contribution in [-0.4, -0.2) is 14.8 Å². The first kappa shape index (κ1) is 13.5. The molecule has 0 atom stereocenters. The summed E-state index contributed by atoms with van der Waals surface area (Å²) in [7, 11) is 0. The van der Waals surface area contributed by atoms with Gasteiger partial charge in [0.2, 0.25) is 0 Å². The highest BCUT2D eigenvalue weighted by atomic mass is 15.3. The number of pyridine rings is 1. The maximum atomic E-state index is 4.63. The number of hydrogen-bond donors (Lipinski definition) is 0. The fourth-order valence-electron chi connectivity index (χ4n) is 2.72. The molecule has 110 valence electrons. The number of para-hydroxylation sites is 1. The van der Waals surface area contributed by atoms with E-state index in [0.29, 0.717) is 0 Å². The monoisotopic (exact) mass is 297 g/mol. The van der Waals surface area contributed by atoms with Crippen LogP contribution in [-0.2, 0) is 0 Å². The molecule has 0 bridgehead atoms. The molecule has 0 aliphatic rings. The molecule has 2 aromatic carbocycles. The highest BCUT2D eigenvalue weighted by molar-refractivity contribution is 5.81. The maximum absolute atomic E-state index is 4.63. The van der Waals surface area contributed by atoms with Gasteiger partial charge in [0, 0.05) is 23.5 Å². The number of hydrogen-bond acceptors (Lipinski definition) is 2. The lowest BCUT2D eigenvalue weighted by atomic mass is 10.0. The highest BCUT2D eigenvalue weighted by Gasteiger charge is 2.15. The van der Waals surface area contributed by atoms with Gasteiger partial charge in [-0.25, -0.2) is 4.68 Å². The van der Waals surface area contributed by atoms with E-state index in [0.717, 1.165) is 28.1 Å². The van der Waals surface area contributed by atoms with E-state index in [4.69, 9.17) is 0 Å². The summed E-state index contributed by atoms with van der Waals surface area (Å²) in [6, 6.07) is 24.5. The minimum absolute atomic E-state index is 1.04. The summed E-state index contributed by atoms with van der Waals surface area (Å²) in [6.07, 6.45) is 5.59. The summed E-state index contributed by atoms with van der Waals surface area (Å²) in [5.41, 5.74) is 5.38. The van der Waals surface area contributed by atoms with Crippen molar-refractivity contribution in [3.63, 3.8) is 0 Å². The van der Waals surface area contributed by atoms with Crippen LogP contribution in [0.1, 0.15) is 0 Å². The summed E-state index contributed by atoms with van der Waals surface area (Å²) in [4.78, 5) is 4.27. The SMILES string of the molecule is c1ccc(-c2cnn(-c3ccccc3)c2-c2cccnc2)cc1. The molecule has 0 fully saturated rings. The van der Waals surface area contributed by atoms with Gasteiger partial charge in [-0.15, -0.1) is 0 Å². The van der Waals surface area contributed by atoms with E-state index in [1.165, 1.54) is 0 Å². The van der Waals surface area contributed by atoms with Crippen molar-refractivity contribution < 1.29 is 0 Å². The summed E-state index contributed by atoms with van der Waals surface area (Å²) in [5.74, 6) is 0. The smallest absolute Gasteiger partial charge is 0.0834 e. The van der Waals surface area contributed by atoms with Crippen LogP contribution < -0.4 is 0 Å². The Hall–Kier alpha value is -3.20. The third-order valence-electron chi connectivity index (χ3n) is 3.79. The normalized spacial score (nSPS) is 10.6. The summed E-state index contributed by atoms with van der Waals surface area (Å²) < 4.78 is 1.97. The van der Waals surface area contributed by atoms with Crippen molar-refractivity contribution in [2.75, 3.05) is 0 Å². The Morgan fingerprint density at radius 1 is 0.652 bits per heavy atom. The largest absolute Gasteiger partial charge is 0.264 e. The second kappa shape index (κ2) is 5.89. The van der Waals surface area contributed by atoms with Crippen LogP contribution in [0.2, 0.25) is 0 Å². The van der Waals surface area contributed by atoms with Crippen molar-refractivity contribution in [3.05, 3.63) is 91.4 Å². The zero-order valence-electron chi connectivity index (χ0n) is 12.5. The second-order valence-corrected chi connectivity index (χ2v) is 5.26. The topological polar surface area (TPSA) is 30.7 Å². The van der Waals surface area contributed by atoms with Crippen LogP contribution in [0.5, 0.6) is 0 Å². The standard InChI is InChI=1S/C20H15N3/c1-3-8-16(9-4-1)19-15-22-23(18-11-5-2-6-12-18)20(19)17-10-7-13-21-14-17/h1-15H. The molecule has 0 aliphatic carbocycles. The molecule has 0 spiro atoms. The minimum Gasteiger partial charge on any atom is -0.264 e. The van der Waals surface area contributed by atoms with Crippen molar-refractivity contribution >= 4 is 0 Å². The Morgan fingerprint density at radius 3 is 2.04 bits per heavy atom. The molecule has 2 heterocycles. The Bertz CT molecular complexity index is 841. The van der Waals surface area contributed by atoms with Crippen LogP contribution in [0.4, 0.5) is 0 Å². The van der Waals surface area contributed by atoms with Crippen molar-refractivity contribution in [1.29, 1.82) is 0 Å². The second-order valence-electron chi connectivity index (χ2n) is 5.26. The molecule has 4 aromatic rings. The first-order valence-electron chi connectivity index (χ1n) is 7.53. The number of benzene rings is 2. The molecule has 0 radical (unpaired) electrons. The van der Waals surface area contributed by atoms with Gasteiger partial charge >= 0.3 is 0 Å². The molecule has 0 aliphatic heterocycles. The quantitative estimate of drug-likeness (QED) is 0.553. The zero-order chi connectivity index (χ0) is 15.5. The van der Waals surface area contributed by atoms with Crippen molar-refractivity contribution in [2.45, 2.75) is 0 Å². The van der Waals surface area contributed by atoms with Gasteiger partial charge in [-0.3, -0.25) is 4.98 Å². The Morgan fingerprint density at radius 2 is 1.35 bits per heavy atom. The van der Waals surface area contributed by atoms with Crippen LogP contribution in [0.25, 0.3) is 28.1 Å². The number of aromatic nitrogens is 3. The van der Waals surface area contributed by atoms with Crippen molar-refractivity contribution in [2.24, 2.45) is 0 Å². The average Bonchev–Trinajstić information content (AvgIpc) is 3.09. The van der Waals surface area contributed by atoms with Crippen LogP contribution in [0.15, 0.2) is 91.4 Å². The van der Waals surface area contributed by atoms with E-state index < -0.39 is 0 Å². The number of rotatable bonds is 3. The lowest BCUT2D eigenvalue weighted by Gasteiger charge is -2.10. The molecule has 23 heavy (non-hydrogen) atoms. The van der Waals surface area contributed by atoms with Crippen LogP contribution >= 0.6 is 0 Å². The molecule has 0 saturated heterocycles. The molecule has 0 saturated carbocycles. The molecule has 3 nitrogen and oxygen atoms in total. The Labute approximate surface area is 134 Å². The average molecular weight is 297 g/mol. The molecular formula is C20H15N3. The fraction of sp³-hybridized carbons (Fsp3) is 0. The molecule has 0 amide bonds. The molecular weight excluding hydrogens is 282 g/mol. The maximum Gasteiger partial charge on any atom is 0.0834 e. The van der Waals surface area contributed by atoms with Gasteiger partial charge < -0.3 is 0 Å². The van der Waals surface area contributed by atoms with E-state index in [1.807, 2.05) is 59.5 Å². The molecule has 4 rings (SSSR count). The first-order valence-corrected chi connectivity index (χ1v) is 7.53. The Kier molecular flexibility index (Phi) is 3.45. The van der Waals surface area contributed by atoms with Crippen molar-refractivity contribution in [1.82, 2.24) is 14.8 Å². The van der Waals surface area contributed by atoms with Gasteiger partial charge in [0.25, 0.3) is 0 Å². The van der Waals surface area contributed by atoms with Crippen LogP contribution in [0.3, 0.4) is 0 Å². The van der Waals surface area contributed by atoms with E-state index in [9.17, 15) is 0 Å². The third kappa shape index (κ3) is 2.53. The summed E-state index contributed by atoms with van der Waals surface area (Å²) in [6.45, 7) is 0. The van der Waals surface area contributed by atoms with Gasteiger partial charge in [0.15, 0.2) is 0 Å². The van der Waals surface area contributed by atoms with E-state index >= 15 is 0 Å². The summed E-state index contributed by atoms with van der Waals surface area (Å²) >= 11 is 0. The number of nitrogens with zero attached hydrogens (tertiary/aromatic N) is 3. The third-order valence-corrected chi connectivity index (χ3v) is 3.79. The van der Waals surface area contributed by atoms with E-state index in [-0.39, 0.29) is 0 Å². The van der Waals surface area contributed by atoms with E-state index in [2.05, 4.69) is 40.4 Å². The predicted octanol–water partition coefficient (Wildman–Crippen LogP) is 4.60. The van der Waals surface area contributed by atoms with E-state index in [1.54, 1.807) is 6.20 Å². The van der Waals surface area contributed by atoms with Gasteiger partial charge in [0.05, 0.1) is 17.6 Å². The van der Waals surface area contributed by atoms with Gasteiger partial charge in [-0.05, 0) is 29.8 Å². The van der Waals surface area contributed by atoms with Gasteiger partial charge in [0.1, 0.15) is 0 Å². The molecule has 0 unspecified atom stereocenters. The van der Waals surface area contributed by atoms with Gasteiger partial charge in [-0.1, -0.05) is 48.5 Å². The minimum atomic E-state index is 1.04. The lowest BCUT2D eigenvalue weighted by Crippen LogP contribution is -1.99. The predicted molar refractivity (Wildman–Crippen MR) is 92.2 cm³/mol. The lowest BCUT2D eigenvalue weighted by molar-refractivity contribution is 0.887. The fourth-order valence-corrected chi connectivity index (χ4v) is 2.72. The first-order chi connectivity index (χ1) is 11.4. The Balaban J connectivity index is 1.97. The zero-order valence-corrected chi connectivity index (χ0v) is 12.5. The highest BCUT2D eigenvalue weighted by Crippen LogP contribution is 2.33. The molecule has 0 N–H and O–H groups in total. The molecule has 3 heteroatoms.